The van der Waals surface area contributed by atoms with Crippen LogP contribution in [0.5, 0.6) is 0 Å². The second-order valence-corrected chi connectivity index (χ2v) is 4.82. The zero-order valence-electron chi connectivity index (χ0n) is 9.09. The lowest BCUT2D eigenvalue weighted by molar-refractivity contribution is 1.41. The molecule has 0 fully saturated rings. The topological polar surface area (TPSA) is 0 Å². The molecule has 1 aromatic rings. The molecule has 1 rings (SSSR count). The molecule has 0 heterocycles. The molecular weight excluding hydrogens is 184 g/mol. The van der Waals surface area contributed by atoms with Gasteiger partial charge in [-0.25, -0.2) is 0 Å². The van der Waals surface area contributed by atoms with Crippen molar-refractivity contribution in [2.75, 3.05) is 0 Å². The summed E-state index contributed by atoms with van der Waals surface area (Å²) in [5, 5.41) is 0. The summed E-state index contributed by atoms with van der Waals surface area (Å²) >= 11 is 0. The summed E-state index contributed by atoms with van der Waals surface area (Å²) in [6, 6.07) is 8.37. The van der Waals surface area contributed by atoms with E-state index in [-0.39, 0.29) is 9.52 Å². The monoisotopic (exact) mass is 200 g/mol. The summed E-state index contributed by atoms with van der Waals surface area (Å²) in [6.45, 7) is 6.34. The smallest absolute Gasteiger partial charge is 0.129 e. The zero-order valence-corrected chi connectivity index (χ0v) is 10.5. The average molecular weight is 200 g/mol. The van der Waals surface area contributed by atoms with Gasteiger partial charge in [-0.05, 0) is 32.9 Å². The summed E-state index contributed by atoms with van der Waals surface area (Å²) in [4.78, 5) is 0. The van der Waals surface area contributed by atoms with Gasteiger partial charge in [-0.2, -0.15) is 0 Å². The van der Waals surface area contributed by atoms with Gasteiger partial charge in [-0.15, -0.1) is 5.54 Å². The molecular formula is C13H16Si. The van der Waals surface area contributed by atoms with E-state index < -0.39 is 0 Å². The van der Waals surface area contributed by atoms with Crippen molar-refractivity contribution >= 4 is 9.52 Å². The molecule has 0 bridgehead atoms. The molecule has 72 valence electrons. The number of aryl methyl sites for hydroxylation is 1. The standard InChI is InChI=1S/C13H16Si/c1-11(2)10-14-9-8-13-6-4-12(3)5-7-13/h4-7,10H,14H2,1-3H3. The molecule has 0 saturated carbocycles. The second-order valence-electron chi connectivity index (χ2n) is 3.65. The first-order valence-electron chi connectivity index (χ1n) is 4.87. The highest BCUT2D eigenvalue weighted by molar-refractivity contribution is 6.52. The number of rotatable bonds is 1. The molecule has 0 N–H and O–H groups in total. The quantitative estimate of drug-likeness (QED) is 0.482. The van der Waals surface area contributed by atoms with Crippen LogP contribution in [0.3, 0.4) is 0 Å². The Kier molecular flexibility index (Phi) is 4.22. The van der Waals surface area contributed by atoms with Crippen LogP contribution >= 0.6 is 0 Å². The van der Waals surface area contributed by atoms with Crippen LogP contribution in [0.4, 0.5) is 0 Å². The Morgan fingerprint density at radius 1 is 1.21 bits per heavy atom. The van der Waals surface area contributed by atoms with Crippen molar-refractivity contribution in [2.45, 2.75) is 20.8 Å². The van der Waals surface area contributed by atoms with E-state index in [0.29, 0.717) is 0 Å². The van der Waals surface area contributed by atoms with Gasteiger partial charge < -0.3 is 0 Å². The fraction of sp³-hybridized carbons (Fsp3) is 0.231. The molecule has 0 spiro atoms. The third-order valence-corrected chi connectivity index (χ3v) is 3.30. The Labute approximate surface area is 88.9 Å². The Hall–Kier alpha value is -1.26. The maximum Gasteiger partial charge on any atom is 0.130 e. The Morgan fingerprint density at radius 3 is 2.43 bits per heavy atom. The van der Waals surface area contributed by atoms with Gasteiger partial charge in [0.05, 0.1) is 0 Å². The van der Waals surface area contributed by atoms with E-state index >= 15 is 0 Å². The van der Waals surface area contributed by atoms with E-state index in [4.69, 9.17) is 0 Å². The van der Waals surface area contributed by atoms with Crippen LogP contribution in [0.25, 0.3) is 0 Å². The van der Waals surface area contributed by atoms with E-state index in [1.165, 1.54) is 11.1 Å². The molecule has 0 saturated heterocycles. The van der Waals surface area contributed by atoms with Crippen molar-refractivity contribution < 1.29 is 0 Å². The largest absolute Gasteiger partial charge is 0.130 e. The van der Waals surface area contributed by atoms with Gasteiger partial charge in [0.25, 0.3) is 0 Å². The highest BCUT2D eigenvalue weighted by Crippen LogP contribution is 2.00. The Bertz CT molecular complexity index is 370. The van der Waals surface area contributed by atoms with E-state index in [1.54, 1.807) is 0 Å². The van der Waals surface area contributed by atoms with Gasteiger partial charge in [0.15, 0.2) is 0 Å². The fourth-order valence-electron chi connectivity index (χ4n) is 1.05. The zero-order chi connectivity index (χ0) is 10.4. The van der Waals surface area contributed by atoms with Crippen LogP contribution in [-0.4, -0.2) is 9.52 Å². The fourth-order valence-corrected chi connectivity index (χ4v) is 1.86. The predicted octanol–water partition coefficient (Wildman–Crippen LogP) is 2.40. The van der Waals surface area contributed by atoms with E-state index in [9.17, 15) is 0 Å². The number of allylic oxidation sites excluding steroid dienone is 1. The van der Waals surface area contributed by atoms with E-state index in [1.807, 2.05) is 0 Å². The molecule has 0 aliphatic carbocycles. The lowest BCUT2D eigenvalue weighted by Crippen LogP contribution is -1.81. The first-order valence-corrected chi connectivity index (χ1v) is 6.40. The normalized spacial score (nSPS) is 9.64. The molecule has 0 amide bonds. The molecule has 0 aromatic heterocycles. The summed E-state index contributed by atoms with van der Waals surface area (Å²) in [5.41, 5.74) is 9.35. The first-order chi connectivity index (χ1) is 6.68. The minimum Gasteiger partial charge on any atom is -0.129 e. The van der Waals surface area contributed by atoms with Crippen molar-refractivity contribution in [2.24, 2.45) is 0 Å². The van der Waals surface area contributed by atoms with Crippen LogP contribution in [-0.2, 0) is 0 Å². The lowest BCUT2D eigenvalue weighted by Gasteiger charge is -1.91. The third kappa shape index (κ3) is 4.11. The van der Waals surface area contributed by atoms with Crippen LogP contribution < -0.4 is 0 Å². The van der Waals surface area contributed by atoms with Crippen molar-refractivity contribution in [3.63, 3.8) is 0 Å². The molecule has 0 nitrogen and oxygen atoms in total. The van der Waals surface area contributed by atoms with Crippen molar-refractivity contribution in [3.8, 4) is 11.5 Å². The average Bonchev–Trinajstić information content (AvgIpc) is 2.15. The molecule has 0 aliphatic heterocycles. The highest BCUT2D eigenvalue weighted by atomic mass is 28.2. The van der Waals surface area contributed by atoms with Crippen molar-refractivity contribution in [1.29, 1.82) is 0 Å². The molecule has 0 radical (unpaired) electrons. The van der Waals surface area contributed by atoms with Crippen LogP contribution in [0.15, 0.2) is 35.5 Å². The molecule has 14 heavy (non-hydrogen) atoms. The summed E-state index contributed by atoms with van der Waals surface area (Å²) in [6.07, 6.45) is 0. The first kappa shape index (κ1) is 10.8. The van der Waals surface area contributed by atoms with Gasteiger partial charge in [0, 0.05) is 5.56 Å². The Morgan fingerprint density at radius 2 is 1.86 bits per heavy atom. The number of benzene rings is 1. The minimum atomic E-state index is -0.313. The summed E-state index contributed by atoms with van der Waals surface area (Å²) < 4.78 is 0. The number of hydrogen-bond acceptors (Lipinski definition) is 0. The summed E-state index contributed by atoms with van der Waals surface area (Å²) in [7, 11) is -0.313. The van der Waals surface area contributed by atoms with Crippen molar-refractivity contribution in [1.82, 2.24) is 0 Å². The molecule has 0 unspecified atom stereocenters. The van der Waals surface area contributed by atoms with Crippen LogP contribution in [0.1, 0.15) is 25.0 Å². The van der Waals surface area contributed by atoms with Crippen molar-refractivity contribution in [3.05, 3.63) is 46.7 Å². The van der Waals surface area contributed by atoms with Gasteiger partial charge in [-0.1, -0.05) is 34.9 Å². The molecule has 1 heteroatoms. The van der Waals surface area contributed by atoms with Gasteiger partial charge in [-0.3, -0.25) is 0 Å². The van der Waals surface area contributed by atoms with Gasteiger partial charge in [0.1, 0.15) is 9.52 Å². The SMILES string of the molecule is CC(C)=C[SiH2]C#Cc1ccc(C)cc1. The second kappa shape index (κ2) is 5.46. The van der Waals surface area contributed by atoms with Crippen LogP contribution in [0, 0.1) is 18.4 Å². The predicted molar refractivity (Wildman–Crippen MR) is 66.0 cm³/mol. The Balaban J connectivity index is 2.60. The lowest BCUT2D eigenvalue weighted by atomic mass is 10.2. The molecule has 1 aromatic carbocycles. The van der Waals surface area contributed by atoms with Gasteiger partial charge >= 0.3 is 0 Å². The third-order valence-electron chi connectivity index (χ3n) is 1.90. The van der Waals surface area contributed by atoms with E-state index in [2.05, 4.69) is 62.2 Å². The molecule has 0 aliphatic rings. The van der Waals surface area contributed by atoms with Gasteiger partial charge in [0.2, 0.25) is 0 Å². The minimum absolute atomic E-state index is 0.313. The maximum atomic E-state index is 3.26. The van der Waals surface area contributed by atoms with E-state index in [0.717, 1.165) is 5.56 Å². The van der Waals surface area contributed by atoms with Crippen LogP contribution in [0.2, 0.25) is 0 Å². The summed E-state index contributed by atoms with van der Waals surface area (Å²) in [5.74, 6) is 3.19. The molecule has 0 atom stereocenters. The maximum absolute atomic E-state index is 3.26. The number of hydrogen-bond donors (Lipinski definition) is 0. The highest BCUT2D eigenvalue weighted by Gasteiger charge is 1.84.